The highest BCUT2D eigenvalue weighted by atomic mass is 16.5. The van der Waals surface area contributed by atoms with Gasteiger partial charge in [-0.25, -0.2) is 0 Å². The Labute approximate surface area is 161 Å². The second-order valence-corrected chi connectivity index (χ2v) is 7.45. The molecule has 0 amide bonds. The van der Waals surface area contributed by atoms with E-state index < -0.39 is 5.97 Å². The third-order valence-electron chi connectivity index (χ3n) is 4.90. The van der Waals surface area contributed by atoms with Gasteiger partial charge in [0.15, 0.2) is 0 Å². The van der Waals surface area contributed by atoms with Gasteiger partial charge in [0.05, 0.1) is 0 Å². The molecule has 4 nitrogen and oxygen atoms in total. The van der Waals surface area contributed by atoms with Crippen LogP contribution in [-0.2, 0) is 14.3 Å². The Kier molecular flexibility index (Phi) is 18.0. The maximum atomic E-state index is 11.9. The molecular weight excluding hydrogens is 328 g/mol. The number of hydrogen-bond donors (Lipinski definition) is 1. The normalized spacial score (nSPS) is 12.1. The highest BCUT2D eigenvalue weighted by Crippen LogP contribution is 2.14. The molecule has 0 aromatic carbocycles. The monoisotopic (exact) mass is 370 g/mol. The molecule has 26 heavy (non-hydrogen) atoms. The van der Waals surface area contributed by atoms with Crippen molar-refractivity contribution in [2.75, 3.05) is 0 Å². The van der Waals surface area contributed by atoms with Crippen LogP contribution in [0.1, 0.15) is 123 Å². The number of esters is 1. The zero-order valence-corrected chi connectivity index (χ0v) is 17.3. The summed E-state index contributed by atoms with van der Waals surface area (Å²) >= 11 is 0. The summed E-state index contributed by atoms with van der Waals surface area (Å²) in [5.74, 6) is -0.915. The first-order valence-corrected chi connectivity index (χ1v) is 11.0. The van der Waals surface area contributed by atoms with E-state index in [-0.39, 0.29) is 18.5 Å². The fourth-order valence-electron chi connectivity index (χ4n) is 3.18. The standard InChI is InChI=1S/C22H42O4/c1-3-5-6-7-8-9-10-11-12-13-14-15-19-22(25)26-20(4-2)17-16-18-21(23)24/h20H,3-19H2,1-2H3,(H,23,24). The van der Waals surface area contributed by atoms with Crippen molar-refractivity contribution >= 4 is 11.9 Å². The largest absolute Gasteiger partial charge is 0.481 e. The van der Waals surface area contributed by atoms with Crippen molar-refractivity contribution in [1.29, 1.82) is 0 Å². The molecular formula is C22H42O4. The van der Waals surface area contributed by atoms with E-state index in [0.29, 0.717) is 19.3 Å². The number of carbonyl (C=O) groups is 2. The van der Waals surface area contributed by atoms with Crippen LogP contribution < -0.4 is 0 Å². The van der Waals surface area contributed by atoms with Gasteiger partial charge in [0.25, 0.3) is 0 Å². The van der Waals surface area contributed by atoms with Gasteiger partial charge >= 0.3 is 11.9 Å². The Balaban J connectivity index is 3.43. The minimum Gasteiger partial charge on any atom is -0.481 e. The van der Waals surface area contributed by atoms with E-state index >= 15 is 0 Å². The van der Waals surface area contributed by atoms with Crippen LogP contribution in [0, 0.1) is 0 Å². The molecule has 1 N–H and O–H groups in total. The van der Waals surface area contributed by atoms with Gasteiger partial charge in [-0.1, -0.05) is 84.5 Å². The molecule has 0 aliphatic rings. The molecule has 0 radical (unpaired) electrons. The molecule has 0 rings (SSSR count). The van der Waals surface area contributed by atoms with Gasteiger partial charge in [0.1, 0.15) is 6.10 Å². The number of carbonyl (C=O) groups excluding carboxylic acids is 1. The smallest absolute Gasteiger partial charge is 0.306 e. The lowest BCUT2D eigenvalue weighted by Gasteiger charge is -2.15. The van der Waals surface area contributed by atoms with E-state index in [4.69, 9.17) is 9.84 Å². The fraction of sp³-hybridized carbons (Fsp3) is 0.909. The maximum absolute atomic E-state index is 11.9. The molecule has 0 aliphatic heterocycles. The minimum atomic E-state index is -0.789. The van der Waals surface area contributed by atoms with Gasteiger partial charge < -0.3 is 9.84 Å². The first-order valence-electron chi connectivity index (χ1n) is 11.0. The molecule has 0 aromatic rings. The summed E-state index contributed by atoms with van der Waals surface area (Å²) in [6, 6.07) is 0. The molecule has 0 aromatic heterocycles. The number of carboxylic acid groups (broad SMARTS) is 1. The second kappa shape index (κ2) is 18.7. The quantitative estimate of drug-likeness (QED) is 0.204. The first kappa shape index (κ1) is 24.9. The van der Waals surface area contributed by atoms with E-state index in [1.165, 1.54) is 64.2 Å². The summed E-state index contributed by atoms with van der Waals surface area (Å²) in [4.78, 5) is 22.4. The van der Waals surface area contributed by atoms with Crippen LogP contribution in [-0.4, -0.2) is 23.1 Å². The Morgan fingerprint density at radius 3 is 1.69 bits per heavy atom. The average Bonchev–Trinajstić information content (AvgIpc) is 2.61. The lowest BCUT2D eigenvalue weighted by molar-refractivity contribution is -0.149. The third-order valence-corrected chi connectivity index (χ3v) is 4.90. The number of ether oxygens (including phenoxy) is 1. The Morgan fingerprint density at radius 1 is 0.731 bits per heavy atom. The van der Waals surface area contributed by atoms with Crippen molar-refractivity contribution in [3.05, 3.63) is 0 Å². The highest BCUT2D eigenvalue weighted by molar-refractivity contribution is 5.69. The Hall–Kier alpha value is -1.06. The summed E-state index contributed by atoms with van der Waals surface area (Å²) in [6.45, 7) is 4.23. The van der Waals surface area contributed by atoms with Crippen molar-refractivity contribution in [3.63, 3.8) is 0 Å². The molecule has 0 heterocycles. The van der Waals surface area contributed by atoms with Gasteiger partial charge in [-0.05, 0) is 25.7 Å². The predicted molar refractivity (Wildman–Crippen MR) is 107 cm³/mol. The predicted octanol–water partition coefficient (Wildman–Crippen LogP) is 6.65. The number of carboxylic acids is 1. The van der Waals surface area contributed by atoms with Gasteiger partial charge in [-0.15, -0.1) is 0 Å². The van der Waals surface area contributed by atoms with Gasteiger partial charge in [-0.2, -0.15) is 0 Å². The van der Waals surface area contributed by atoms with E-state index in [9.17, 15) is 9.59 Å². The van der Waals surface area contributed by atoms with Crippen LogP contribution in [0.25, 0.3) is 0 Å². The molecule has 0 bridgehead atoms. The molecule has 0 aliphatic carbocycles. The summed E-state index contributed by atoms with van der Waals surface area (Å²) < 4.78 is 5.45. The Bertz CT molecular complexity index is 341. The van der Waals surface area contributed by atoms with Crippen LogP contribution in [0.2, 0.25) is 0 Å². The van der Waals surface area contributed by atoms with Crippen LogP contribution in [0.3, 0.4) is 0 Å². The molecule has 0 fully saturated rings. The van der Waals surface area contributed by atoms with E-state index in [1.807, 2.05) is 6.92 Å². The van der Waals surface area contributed by atoms with Crippen LogP contribution in [0.5, 0.6) is 0 Å². The van der Waals surface area contributed by atoms with Gasteiger partial charge in [0, 0.05) is 12.8 Å². The van der Waals surface area contributed by atoms with Crippen molar-refractivity contribution in [1.82, 2.24) is 0 Å². The first-order chi connectivity index (χ1) is 12.6. The molecule has 1 atom stereocenters. The van der Waals surface area contributed by atoms with E-state index in [2.05, 4.69) is 6.92 Å². The molecule has 0 saturated heterocycles. The minimum absolute atomic E-state index is 0.126. The second-order valence-electron chi connectivity index (χ2n) is 7.45. The highest BCUT2D eigenvalue weighted by Gasteiger charge is 2.12. The SMILES string of the molecule is CCCCCCCCCCCCCCC(=O)OC(CC)CCCC(=O)O. The number of aliphatic carboxylic acids is 1. The number of unbranched alkanes of at least 4 members (excludes halogenated alkanes) is 11. The lowest BCUT2D eigenvalue weighted by atomic mass is 10.0. The summed E-state index contributed by atoms with van der Waals surface area (Å²) in [7, 11) is 0. The van der Waals surface area contributed by atoms with E-state index in [1.54, 1.807) is 0 Å². The summed E-state index contributed by atoms with van der Waals surface area (Å²) in [6.07, 6.45) is 17.9. The van der Waals surface area contributed by atoms with Crippen molar-refractivity contribution in [3.8, 4) is 0 Å². The van der Waals surface area contributed by atoms with Crippen LogP contribution >= 0.6 is 0 Å². The number of hydrogen-bond acceptors (Lipinski definition) is 3. The molecule has 0 spiro atoms. The van der Waals surface area contributed by atoms with Gasteiger partial charge in [0.2, 0.25) is 0 Å². The number of rotatable bonds is 19. The zero-order chi connectivity index (χ0) is 19.5. The molecule has 4 heteroatoms. The molecule has 154 valence electrons. The van der Waals surface area contributed by atoms with Crippen LogP contribution in [0.15, 0.2) is 0 Å². The fourth-order valence-corrected chi connectivity index (χ4v) is 3.18. The van der Waals surface area contributed by atoms with Crippen molar-refractivity contribution in [2.24, 2.45) is 0 Å². The molecule has 1 unspecified atom stereocenters. The van der Waals surface area contributed by atoms with Gasteiger partial charge in [-0.3, -0.25) is 9.59 Å². The van der Waals surface area contributed by atoms with Crippen molar-refractivity contribution < 1.29 is 19.4 Å². The summed E-state index contributed by atoms with van der Waals surface area (Å²) in [5.41, 5.74) is 0. The summed E-state index contributed by atoms with van der Waals surface area (Å²) in [5, 5.41) is 8.65. The van der Waals surface area contributed by atoms with Crippen LogP contribution in [0.4, 0.5) is 0 Å². The topological polar surface area (TPSA) is 63.6 Å². The Morgan fingerprint density at radius 2 is 1.23 bits per heavy atom. The third kappa shape index (κ3) is 17.8. The maximum Gasteiger partial charge on any atom is 0.306 e. The van der Waals surface area contributed by atoms with Crippen molar-refractivity contribution in [2.45, 2.75) is 129 Å². The molecule has 0 saturated carbocycles. The lowest BCUT2D eigenvalue weighted by Crippen LogP contribution is -2.17. The zero-order valence-electron chi connectivity index (χ0n) is 17.3. The average molecular weight is 371 g/mol. The van der Waals surface area contributed by atoms with E-state index in [0.717, 1.165) is 19.3 Å².